The van der Waals surface area contributed by atoms with Crippen LogP contribution in [0.5, 0.6) is 5.75 Å². The monoisotopic (exact) mass is 432 g/mol. The van der Waals surface area contributed by atoms with Crippen molar-refractivity contribution in [3.05, 3.63) is 54.2 Å². The number of amides is 1. The molecule has 0 unspecified atom stereocenters. The van der Waals surface area contributed by atoms with Gasteiger partial charge in [0, 0.05) is 44.0 Å². The molecular formula is C20H21FN4O4S. The number of rotatable bonds is 7. The van der Waals surface area contributed by atoms with Gasteiger partial charge in [-0.1, -0.05) is 0 Å². The molecule has 0 spiro atoms. The van der Waals surface area contributed by atoms with Crippen molar-refractivity contribution >= 4 is 27.3 Å². The molecule has 2 aromatic heterocycles. The van der Waals surface area contributed by atoms with Crippen molar-refractivity contribution in [1.29, 1.82) is 0 Å². The molecule has 1 saturated heterocycles. The fraction of sp³-hybridized carbons (Fsp3) is 0.300. The van der Waals surface area contributed by atoms with E-state index in [2.05, 4.69) is 9.71 Å². The highest BCUT2D eigenvalue weighted by Gasteiger charge is 2.26. The Morgan fingerprint density at radius 3 is 2.80 bits per heavy atom. The number of nitrogens with one attached hydrogen (secondary N) is 1. The fourth-order valence-electron chi connectivity index (χ4n) is 3.49. The predicted molar refractivity (Wildman–Crippen MR) is 109 cm³/mol. The van der Waals surface area contributed by atoms with E-state index in [1.807, 2.05) is 0 Å². The summed E-state index contributed by atoms with van der Waals surface area (Å²) >= 11 is 0. The van der Waals surface area contributed by atoms with Crippen LogP contribution in [0.3, 0.4) is 0 Å². The second-order valence-corrected chi connectivity index (χ2v) is 8.71. The number of hydrogen-bond acceptors (Lipinski definition) is 5. The summed E-state index contributed by atoms with van der Waals surface area (Å²) in [5, 5.41) is 0. The quantitative estimate of drug-likeness (QED) is 0.617. The molecule has 0 aliphatic carbocycles. The standard InChI is InChI=1S/C20H21FN4O4S/c1-29-17-6-5-16(25-10-2-3-20(25)26)11-18(17)30(27,28)22-9-8-15-13-24-12-14(21)4-7-19(24)23-15/h4-7,11-13,22H,2-3,8-10H2,1H3. The van der Waals surface area contributed by atoms with E-state index < -0.39 is 10.0 Å². The largest absolute Gasteiger partial charge is 0.495 e. The predicted octanol–water partition coefficient (Wildman–Crippen LogP) is 2.13. The number of carbonyl (C=O) groups excluding carboxylic acids is 1. The molecule has 10 heteroatoms. The number of aromatic nitrogens is 2. The average molecular weight is 432 g/mol. The highest BCUT2D eigenvalue weighted by Crippen LogP contribution is 2.30. The molecule has 3 aromatic rings. The van der Waals surface area contributed by atoms with Crippen molar-refractivity contribution < 1.29 is 22.3 Å². The number of pyridine rings is 1. The van der Waals surface area contributed by atoms with Crippen LogP contribution in [0.15, 0.2) is 47.6 Å². The summed E-state index contributed by atoms with van der Waals surface area (Å²) in [6.45, 7) is 0.664. The second kappa shape index (κ2) is 8.04. The number of hydrogen-bond donors (Lipinski definition) is 1. The van der Waals surface area contributed by atoms with Crippen LogP contribution in [-0.2, 0) is 21.2 Å². The van der Waals surface area contributed by atoms with E-state index in [9.17, 15) is 17.6 Å². The lowest BCUT2D eigenvalue weighted by molar-refractivity contribution is -0.117. The van der Waals surface area contributed by atoms with Gasteiger partial charge in [0.05, 0.1) is 12.8 Å². The molecule has 1 N–H and O–H groups in total. The van der Waals surface area contributed by atoms with E-state index in [1.165, 1.54) is 25.4 Å². The van der Waals surface area contributed by atoms with Crippen molar-refractivity contribution in [2.75, 3.05) is 25.1 Å². The number of anilines is 1. The summed E-state index contributed by atoms with van der Waals surface area (Å²) in [7, 11) is -2.49. The minimum Gasteiger partial charge on any atom is -0.495 e. The Morgan fingerprint density at radius 2 is 2.07 bits per heavy atom. The lowest BCUT2D eigenvalue weighted by atomic mass is 10.3. The first-order chi connectivity index (χ1) is 14.4. The van der Waals surface area contributed by atoms with Gasteiger partial charge in [-0.25, -0.2) is 22.5 Å². The summed E-state index contributed by atoms with van der Waals surface area (Å²) in [4.78, 5) is 17.9. The summed E-state index contributed by atoms with van der Waals surface area (Å²) in [5.74, 6) is -0.212. The summed E-state index contributed by atoms with van der Waals surface area (Å²) < 4.78 is 48.4. The molecule has 158 valence electrons. The molecule has 0 atom stereocenters. The van der Waals surface area contributed by atoms with Crippen LogP contribution < -0.4 is 14.4 Å². The number of sulfonamides is 1. The number of halogens is 1. The topological polar surface area (TPSA) is 93.0 Å². The Bertz CT molecular complexity index is 1210. The molecule has 1 aromatic carbocycles. The zero-order valence-electron chi connectivity index (χ0n) is 16.3. The van der Waals surface area contributed by atoms with Crippen molar-refractivity contribution in [1.82, 2.24) is 14.1 Å². The van der Waals surface area contributed by atoms with Crippen LogP contribution in [0.2, 0.25) is 0 Å². The van der Waals surface area contributed by atoms with Crippen molar-refractivity contribution in [3.63, 3.8) is 0 Å². The smallest absolute Gasteiger partial charge is 0.244 e. The van der Waals surface area contributed by atoms with Gasteiger partial charge < -0.3 is 14.0 Å². The van der Waals surface area contributed by atoms with Crippen LogP contribution in [0.4, 0.5) is 10.1 Å². The molecule has 1 fully saturated rings. The summed E-state index contributed by atoms with van der Waals surface area (Å²) in [5.41, 5.74) is 1.74. The number of carbonyl (C=O) groups is 1. The summed E-state index contributed by atoms with van der Waals surface area (Å²) in [6.07, 6.45) is 4.50. The van der Waals surface area contributed by atoms with E-state index in [-0.39, 0.29) is 28.9 Å². The SMILES string of the molecule is COc1ccc(N2CCCC2=O)cc1S(=O)(=O)NCCc1cn2cc(F)ccc2n1. The number of benzene rings is 1. The molecule has 30 heavy (non-hydrogen) atoms. The maximum absolute atomic E-state index is 13.3. The van der Waals surface area contributed by atoms with Gasteiger partial charge in [0.25, 0.3) is 0 Å². The van der Waals surface area contributed by atoms with E-state index in [0.717, 1.165) is 6.42 Å². The number of nitrogens with zero attached hydrogens (tertiary/aromatic N) is 3. The molecule has 1 aliphatic heterocycles. The van der Waals surface area contributed by atoms with Gasteiger partial charge in [0.1, 0.15) is 22.1 Å². The Hall–Kier alpha value is -2.98. The van der Waals surface area contributed by atoms with E-state index in [0.29, 0.717) is 36.4 Å². The van der Waals surface area contributed by atoms with Crippen LogP contribution in [0.1, 0.15) is 18.5 Å². The Labute approximate surface area is 173 Å². The molecule has 0 saturated carbocycles. The molecule has 1 amide bonds. The number of fused-ring (bicyclic) bond motifs is 1. The third-order valence-corrected chi connectivity index (χ3v) is 6.44. The minimum atomic E-state index is -3.89. The van der Waals surface area contributed by atoms with Crippen molar-refractivity contribution in [2.45, 2.75) is 24.2 Å². The molecule has 0 bridgehead atoms. The molecule has 4 rings (SSSR count). The highest BCUT2D eigenvalue weighted by atomic mass is 32.2. The van der Waals surface area contributed by atoms with E-state index in [4.69, 9.17) is 4.74 Å². The molecule has 8 nitrogen and oxygen atoms in total. The van der Waals surface area contributed by atoms with Gasteiger partial charge in [-0.3, -0.25) is 4.79 Å². The van der Waals surface area contributed by atoms with Gasteiger partial charge in [-0.2, -0.15) is 0 Å². The van der Waals surface area contributed by atoms with Gasteiger partial charge >= 0.3 is 0 Å². The Kier molecular flexibility index (Phi) is 5.44. The molecule has 3 heterocycles. The van der Waals surface area contributed by atoms with Crippen molar-refractivity contribution in [3.8, 4) is 5.75 Å². The normalized spacial score (nSPS) is 14.6. The molecule has 1 aliphatic rings. The first-order valence-corrected chi connectivity index (χ1v) is 11.0. The zero-order chi connectivity index (χ0) is 21.3. The van der Waals surface area contributed by atoms with Gasteiger partial charge in [0.15, 0.2) is 0 Å². The Balaban J connectivity index is 1.51. The second-order valence-electron chi connectivity index (χ2n) is 6.98. The number of imidazole rings is 1. The fourth-order valence-corrected chi connectivity index (χ4v) is 4.71. The van der Waals surface area contributed by atoms with Gasteiger partial charge in [-0.15, -0.1) is 0 Å². The van der Waals surface area contributed by atoms with Gasteiger partial charge in [0.2, 0.25) is 15.9 Å². The van der Waals surface area contributed by atoms with Crippen LogP contribution in [0.25, 0.3) is 5.65 Å². The lowest BCUT2D eigenvalue weighted by Crippen LogP contribution is -2.28. The highest BCUT2D eigenvalue weighted by molar-refractivity contribution is 7.89. The van der Waals surface area contributed by atoms with Crippen LogP contribution in [0, 0.1) is 5.82 Å². The molecular weight excluding hydrogens is 411 g/mol. The maximum atomic E-state index is 13.3. The zero-order valence-corrected chi connectivity index (χ0v) is 17.2. The average Bonchev–Trinajstić information content (AvgIpc) is 3.32. The van der Waals surface area contributed by atoms with Crippen molar-refractivity contribution in [2.24, 2.45) is 0 Å². The first kappa shape index (κ1) is 20.3. The van der Waals surface area contributed by atoms with Crippen LogP contribution in [-0.4, -0.2) is 43.9 Å². The lowest BCUT2D eigenvalue weighted by Gasteiger charge is -2.18. The summed E-state index contributed by atoms with van der Waals surface area (Å²) in [6, 6.07) is 7.55. The van der Waals surface area contributed by atoms with Gasteiger partial charge in [-0.05, 0) is 36.8 Å². The number of methoxy groups -OCH3 is 1. The van der Waals surface area contributed by atoms with E-state index >= 15 is 0 Å². The first-order valence-electron chi connectivity index (χ1n) is 9.48. The Morgan fingerprint density at radius 1 is 1.23 bits per heavy atom. The maximum Gasteiger partial charge on any atom is 0.244 e. The van der Waals surface area contributed by atoms with E-state index in [1.54, 1.807) is 33.7 Å². The third-order valence-electron chi connectivity index (χ3n) is 4.96. The molecule has 0 radical (unpaired) electrons. The van der Waals surface area contributed by atoms with Crippen LogP contribution >= 0.6 is 0 Å². The number of ether oxygens (including phenoxy) is 1. The third kappa shape index (κ3) is 4.01. The minimum absolute atomic E-state index is 0.0280.